The molecule has 2 heterocycles. The van der Waals surface area contributed by atoms with Gasteiger partial charge in [-0.1, -0.05) is 17.7 Å². The average Bonchev–Trinajstić information content (AvgIpc) is 3.03. The highest BCUT2D eigenvalue weighted by molar-refractivity contribution is 6.30. The molecule has 22 heavy (non-hydrogen) atoms. The van der Waals surface area contributed by atoms with Crippen molar-refractivity contribution in [2.24, 2.45) is 0 Å². The fourth-order valence-electron chi connectivity index (χ4n) is 1.98. The third-order valence-corrected chi connectivity index (χ3v) is 3.39. The molecule has 3 aromatic rings. The molecule has 0 atom stereocenters. The smallest absolute Gasteiger partial charge is 0.135 e. The average molecular weight is 315 g/mol. The van der Waals surface area contributed by atoms with Gasteiger partial charge in [0.1, 0.15) is 23.7 Å². The van der Waals surface area contributed by atoms with Crippen molar-refractivity contribution in [2.45, 2.75) is 13.5 Å². The van der Waals surface area contributed by atoms with E-state index in [4.69, 9.17) is 16.0 Å². The Bertz CT molecular complexity index is 759. The molecule has 3 rings (SSSR count). The van der Waals surface area contributed by atoms with E-state index in [-0.39, 0.29) is 0 Å². The van der Waals surface area contributed by atoms with Crippen LogP contribution in [0.3, 0.4) is 0 Å². The third kappa shape index (κ3) is 3.56. The summed E-state index contributed by atoms with van der Waals surface area (Å²) in [6.45, 7) is 2.58. The number of hydrogen-bond acceptors (Lipinski definition) is 5. The highest BCUT2D eigenvalue weighted by atomic mass is 35.5. The summed E-state index contributed by atoms with van der Waals surface area (Å²) in [6.07, 6.45) is 3.15. The van der Waals surface area contributed by atoms with Crippen LogP contribution in [-0.4, -0.2) is 9.97 Å². The largest absolute Gasteiger partial charge is 0.467 e. The standard InChI is InChI=1S/C16H15ClN4O/c1-11-4-5-12(17)7-14(11)21-16-8-15(19-10-20-16)18-9-13-3-2-6-22-13/h2-8,10H,9H2,1H3,(H2,18,19,20,21). The molecular weight excluding hydrogens is 300 g/mol. The summed E-state index contributed by atoms with van der Waals surface area (Å²) in [5.41, 5.74) is 2.01. The first-order chi connectivity index (χ1) is 10.7. The summed E-state index contributed by atoms with van der Waals surface area (Å²) in [7, 11) is 0. The lowest BCUT2D eigenvalue weighted by Gasteiger charge is -2.10. The van der Waals surface area contributed by atoms with Crippen molar-refractivity contribution in [3.05, 3.63) is 65.3 Å². The molecule has 0 spiro atoms. The highest BCUT2D eigenvalue weighted by Gasteiger charge is 2.04. The van der Waals surface area contributed by atoms with Crippen LogP contribution >= 0.6 is 11.6 Å². The van der Waals surface area contributed by atoms with Crippen LogP contribution in [-0.2, 0) is 6.54 Å². The number of rotatable bonds is 5. The summed E-state index contributed by atoms with van der Waals surface area (Å²) in [6, 6.07) is 11.3. The predicted molar refractivity (Wildman–Crippen MR) is 87.5 cm³/mol. The van der Waals surface area contributed by atoms with Gasteiger partial charge in [-0.15, -0.1) is 0 Å². The van der Waals surface area contributed by atoms with Crippen molar-refractivity contribution >= 4 is 28.9 Å². The van der Waals surface area contributed by atoms with Crippen LogP contribution in [0.2, 0.25) is 5.02 Å². The predicted octanol–water partition coefficient (Wildman–Crippen LogP) is 4.39. The van der Waals surface area contributed by atoms with Crippen LogP contribution in [0.4, 0.5) is 17.3 Å². The van der Waals surface area contributed by atoms with Crippen molar-refractivity contribution in [1.82, 2.24) is 9.97 Å². The van der Waals surface area contributed by atoms with Crippen molar-refractivity contribution in [3.8, 4) is 0 Å². The number of hydrogen-bond donors (Lipinski definition) is 2. The van der Waals surface area contributed by atoms with Crippen molar-refractivity contribution in [2.75, 3.05) is 10.6 Å². The van der Waals surface area contributed by atoms with E-state index in [9.17, 15) is 0 Å². The van der Waals surface area contributed by atoms with Crippen LogP contribution in [0.15, 0.2) is 53.4 Å². The number of anilines is 3. The Labute approximate surface area is 133 Å². The first kappa shape index (κ1) is 14.4. The van der Waals surface area contributed by atoms with Crippen molar-refractivity contribution in [3.63, 3.8) is 0 Å². The molecule has 0 aliphatic carbocycles. The second-order valence-electron chi connectivity index (χ2n) is 4.81. The molecule has 5 nitrogen and oxygen atoms in total. The molecule has 0 unspecified atom stereocenters. The van der Waals surface area contributed by atoms with Gasteiger partial charge in [0, 0.05) is 16.8 Å². The van der Waals surface area contributed by atoms with E-state index in [1.807, 2.05) is 43.3 Å². The molecule has 0 saturated heterocycles. The number of benzene rings is 1. The molecule has 0 fully saturated rings. The Morgan fingerprint density at radius 2 is 2.00 bits per heavy atom. The van der Waals surface area contributed by atoms with Gasteiger partial charge in [0.2, 0.25) is 0 Å². The third-order valence-electron chi connectivity index (χ3n) is 3.15. The molecule has 0 aliphatic heterocycles. The molecular formula is C16H15ClN4O. The van der Waals surface area contributed by atoms with Crippen molar-refractivity contribution < 1.29 is 4.42 Å². The van der Waals surface area contributed by atoms with Gasteiger partial charge in [-0.3, -0.25) is 0 Å². The van der Waals surface area contributed by atoms with Gasteiger partial charge in [0.15, 0.2) is 0 Å². The SMILES string of the molecule is Cc1ccc(Cl)cc1Nc1cc(NCc2ccco2)ncn1. The summed E-state index contributed by atoms with van der Waals surface area (Å²) >= 11 is 6.03. The molecule has 112 valence electrons. The number of furan rings is 1. The molecule has 0 amide bonds. The zero-order valence-electron chi connectivity index (χ0n) is 12.0. The molecule has 2 aromatic heterocycles. The lowest BCUT2D eigenvalue weighted by molar-refractivity contribution is 0.518. The quantitative estimate of drug-likeness (QED) is 0.731. The maximum atomic E-state index is 6.03. The van der Waals surface area contributed by atoms with Gasteiger partial charge < -0.3 is 15.1 Å². The fourth-order valence-corrected chi connectivity index (χ4v) is 2.15. The monoisotopic (exact) mass is 314 g/mol. The Hall–Kier alpha value is -2.53. The number of aryl methyl sites for hydroxylation is 1. The normalized spacial score (nSPS) is 10.5. The molecule has 6 heteroatoms. The number of aromatic nitrogens is 2. The van der Waals surface area contributed by atoms with E-state index < -0.39 is 0 Å². The summed E-state index contributed by atoms with van der Waals surface area (Å²) in [5, 5.41) is 7.11. The summed E-state index contributed by atoms with van der Waals surface area (Å²) < 4.78 is 5.27. The molecule has 0 aliphatic rings. The van der Waals surface area contributed by atoms with E-state index in [2.05, 4.69) is 20.6 Å². The van der Waals surface area contributed by atoms with Crippen LogP contribution in [0, 0.1) is 6.92 Å². The van der Waals surface area contributed by atoms with Crippen LogP contribution in [0.1, 0.15) is 11.3 Å². The number of nitrogens with zero attached hydrogens (tertiary/aromatic N) is 2. The minimum atomic E-state index is 0.569. The Kier molecular flexibility index (Phi) is 4.25. The van der Waals surface area contributed by atoms with Gasteiger partial charge >= 0.3 is 0 Å². The van der Waals surface area contributed by atoms with Crippen LogP contribution in [0.5, 0.6) is 0 Å². The summed E-state index contributed by atoms with van der Waals surface area (Å²) in [4.78, 5) is 8.41. The van der Waals surface area contributed by atoms with Gasteiger partial charge in [-0.05, 0) is 36.8 Å². The first-order valence-electron chi connectivity index (χ1n) is 6.82. The molecule has 0 radical (unpaired) electrons. The lowest BCUT2D eigenvalue weighted by Crippen LogP contribution is -2.02. The lowest BCUT2D eigenvalue weighted by atomic mass is 10.2. The number of halogens is 1. The van der Waals surface area contributed by atoms with Gasteiger partial charge in [0.05, 0.1) is 12.8 Å². The Morgan fingerprint density at radius 3 is 2.82 bits per heavy atom. The molecule has 0 saturated carbocycles. The van der Waals surface area contributed by atoms with E-state index in [0.717, 1.165) is 17.0 Å². The molecule has 2 N–H and O–H groups in total. The van der Waals surface area contributed by atoms with Gasteiger partial charge in [-0.2, -0.15) is 0 Å². The van der Waals surface area contributed by atoms with E-state index in [0.29, 0.717) is 23.2 Å². The first-order valence-corrected chi connectivity index (χ1v) is 7.20. The zero-order valence-corrected chi connectivity index (χ0v) is 12.8. The van der Waals surface area contributed by atoms with Gasteiger partial charge in [0.25, 0.3) is 0 Å². The van der Waals surface area contributed by atoms with E-state index >= 15 is 0 Å². The molecule has 0 bridgehead atoms. The maximum Gasteiger partial charge on any atom is 0.135 e. The van der Waals surface area contributed by atoms with E-state index in [1.54, 1.807) is 6.26 Å². The fraction of sp³-hybridized carbons (Fsp3) is 0.125. The summed E-state index contributed by atoms with van der Waals surface area (Å²) in [5.74, 6) is 2.26. The minimum Gasteiger partial charge on any atom is -0.467 e. The van der Waals surface area contributed by atoms with Crippen molar-refractivity contribution in [1.29, 1.82) is 0 Å². The second kappa shape index (κ2) is 6.49. The Balaban J connectivity index is 1.72. The molecule has 1 aromatic carbocycles. The Morgan fingerprint density at radius 1 is 1.14 bits per heavy atom. The second-order valence-corrected chi connectivity index (χ2v) is 5.24. The van der Waals surface area contributed by atoms with E-state index in [1.165, 1.54) is 6.33 Å². The van der Waals surface area contributed by atoms with Crippen LogP contribution in [0.25, 0.3) is 0 Å². The number of nitrogens with one attached hydrogen (secondary N) is 2. The highest BCUT2D eigenvalue weighted by Crippen LogP contribution is 2.23. The minimum absolute atomic E-state index is 0.569. The van der Waals surface area contributed by atoms with Crippen LogP contribution < -0.4 is 10.6 Å². The zero-order chi connectivity index (χ0) is 15.4. The maximum absolute atomic E-state index is 6.03. The topological polar surface area (TPSA) is 63.0 Å². The van der Waals surface area contributed by atoms with Gasteiger partial charge in [-0.25, -0.2) is 9.97 Å².